The highest BCUT2D eigenvalue weighted by atomic mass is 79.9. The Kier molecular flexibility index (Phi) is 5.65. The van der Waals surface area contributed by atoms with Crippen LogP contribution < -0.4 is 5.32 Å². The highest BCUT2D eigenvalue weighted by molar-refractivity contribution is 9.10. The van der Waals surface area contributed by atoms with Gasteiger partial charge in [0.25, 0.3) is 0 Å². The summed E-state index contributed by atoms with van der Waals surface area (Å²) in [6, 6.07) is 10.5. The zero-order chi connectivity index (χ0) is 14.7. The molecule has 0 aromatic heterocycles. The van der Waals surface area contributed by atoms with Gasteiger partial charge >= 0.3 is 0 Å². The van der Waals surface area contributed by atoms with Crippen molar-refractivity contribution in [1.82, 2.24) is 10.2 Å². The Balaban J connectivity index is 2.20. The fourth-order valence-corrected chi connectivity index (χ4v) is 3.57. The summed E-state index contributed by atoms with van der Waals surface area (Å²) in [7, 11) is 0. The molecule has 1 N–H and O–H groups in total. The first-order valence-corrected chi connectivity index (χ1v) is 8.56. The van der Waals surface area contributed by atoms with E-state index in [2.05, 4.69) is 78.1 Å². The van der Waals surface area contributed by atoms with E-state index in [9.17, 15) is 0 Å². The molecule has 0 aliphatic carbocycles. The molecule has 1 saturated heterocycles. The number of benzene rings is 1. The van der Waals surface area contributed by atoms with Crippen LogP contribution in [0.5, 0.6) is 0 Å². The van der Waals surface area contributed by atoms with E-state index in [-0.39, 0.29) is 0 Å². The van der Waals surface area contributed by atoms with E-state index in [1.165, 1.54) is 16.5 Å². The summed E-state index contributed by atoms with van der Waals surface area (Å²) in [5.41, 5.74) is 1.40. The molecule has 3 unspecified atom stereocenters. The minimum Gasteiger partial charge on any atom is -0.311 e. The van der Waals surface area contributed by atoms with Crippen molar-refractivity contribution in [2.75, 3.05) is 13.1 Å². The van der Waals surface area contributed by atoms with Crippen molar-refractivity contribution in [1.29, 1.82) is 0 Å². The molecular formula is C17H27BrN2. The molecule has 112 valence electrons. The average Bonchev–Trinajstić information content (AvgIpc) is 2.45. The molecule has 0 amide bonds. The summed E-state index contributed by atoms with van der Waals surface area (Å²) < 4.78 is 1.17. The summed E-state index contributed by atoms with van der Waals surface area (Å²) in [5.74, 6) is 0.676. The maximum atomic E-state index is 3.70. The number of nitrogens with zero attached hydrogens (tertiary/aromatic N) is 1. The first kappa shape index (κ1) is 16.0. The van der Waals surface area contributed by atoms with Crippen molar-refractivity contribution in [2.24, 2.45) is 5.92 Å². The van der Waals surface area contributed by atoms with Gasteiger partial charge in [0.1, 0.15) is 0 Å². The molecule has 1 aliphatic rings. The Labute approximate surface area is 132 Å². The number of piperazine rings is 1. The Hall–Kier alpha value is -0.380. The van der Waals surface area contributed by atoms with Crippen molar-refractivity contribution in [3.8, 4) is 0 Å². The Morgan fingerprint density at radius 3 is 2.70 bits per heavy atom. The third kappa shape index (κ3) is 3.63. The van der Waals surface area contributed by atoms with Crippen LogP contribution in [0.25, 0.3) is 0 Å². The molecule has 2 nitrogen and oxygen atoms in total. The average molecular weight is 339 g/mol. The highest BCUT2D eigenvalue weighted by Gasteiger charge is 2.32. The monoisotopic (exact) mass is 338 g/mol. The van der Waals surface area contributed by atoms with Crippen LogP contribution in [-0.2, 0) is 0 Å². The van der Waals surface area contributed by atoms with Gasteiger partial charge in [-0.2, -0.15) is 0 Å². The minimum atomic E-state index is 0.469. The Morgan fingerprint density at radius 2 is 2.10 bits per heavy atom. The van der Waals surface area contributed by atoms with Crippen LogP contribution in [-0.4, -0.2) is 30.1 Å². The maximum absolute atomic E-state index is 3.70. The predicted octanol–water partition coefficient (Wildman–Crippen LogP) is 4.22. The summed E-state index contributed by atoms with van der Waals surface area (Å²) in [5, 5.41) is 3.70. The fraction of sp³-hybridized carbons (Fsp3) is 0.647. The summed E-state index contributed by atoms with van der Waals surface area (Å²) in [6.45, 7) is 11.5. The lowest BCUT2D eigenvalue weighted by Crippen LogP contribution is -2.58. The number of hydrogen-bond donors (Lipinski definition) is 1. The van der Waals surface area contributed by atoms with E-state index >= 15 is 0 Å². The second-order valence-corrected chi connectivity index (χ2v) is 7.17. The normalized spacial score (nSPS) is 25.9. The molecule has 1 fully saturated rings. The Morgan fingerprint density at radius 1 is 1.35 bits per heavy atom. The first-order chi connectivity index (χ1) is 9.52. The van der Waals surface area contributed by atoms with Crippen LogP contribution in [0.2, 0.25) is 0 Å². The van der Waals surface area contributed by atoms with Gasteiger partial charge in [-0.25, -0.2) is 0 Å². The molecule has 1 heterocycles. The van der Waals surface area contributed by atoms with Crippen LogP contribution in [0, 0.1) is 5.92 Å². The molecule has 1 aliphatic heterocycles. The van der Waals surface area contributed by atoms with E-state index in [1.54, 1.807) is 0 Å². The molecule has 0 saturated carbocycles. The van der Waals surface area contributed by atoms with Crippen molar-refractivity contribution in [2.45, 2.75) is 52.2 Å². The van der Waals surface area contributed by atoms with Crippen LogP contribution >= 0.6 is 15.9 Å². The summed E-state index contributed by atoms with van der Waals surface area (Å²) >= 11 is 3.59. The third-order valence-electron chi connectivity index (χ3n) is 4.56. The molecule has 0 spiro atoms. The smallest absolute Gasteiger partial charge is 0.0324 e. The molecular weight excluding hydrogens is 312 g/mol. The van der Waals surface area contributed by atoms with Crippen LogP contribution in [0.15, 0.2) is 28.7 Å². The van der Waals surface area contributed by atoms with Crippen molar-refractivity contribution in [3.05, 3.63) is 34.3 Å². The van der Waals surface area contributed by atoms with Gasteiger partial charge in [0.05, 0.1) is 0 Å². The highest BCUT2D eigenvalue weighted by Crippen LogP contribution is 2.29. The summed E-state index contributed by atoms with van der Waals surface area (Å²) in [6.07, 6.45) is 1.20. The second-order valence-electron chi connectivity index (χ2n) is 6.25. The number of nitrogens with one attached hydrogen (secondary N) is 1. The molecule has 0 bridgehead atoms. The van der Waals surface area contributed by atoms with Gasteiger partial charge in [-0.1, -0.05) is 48.8 Å². The lowest BCUT2D eigenvalue weighted by molar-refractivity contribution is 0.0610. The summed E-state index contributed by atoms with van der Waals surface area (Å²) in [4.78, 5) is 2.69. The number of hydrogen-bond acceptors (Lipinski definition) is 2. The molecule has 3 heteroatoms. The van der Waals surface area contributed by atoms with Crippen LogP contribution in [0.4, 0.5) is 0 Å². The standard InChI is InChI=1S/C17H27BrN2/c1-5-16-11-20(17(10-19-16)12(2)3)13(4)14-7-6-8-15(18)9-14/h6-9,12-13,16-17,19H,5,10-11H2,1-4H3. The Bertz CT molecular complexity index is 433. The van der Waals surface area contributed by atoms with E-state index in [0.717, 1.165) is 13.1 Å². The topological polar surface area (TPSA) is 15.3 Å². The number of rotatable bonds is 4. The van der Waals surface area contributed by atoms with Gasteiger partial charge in [0.2, 0.25) is 0 Å². The van der Waals surface area contributed by atoms with Gasteiger partial charge in [-0.3, -0.25) is 4.90 Å². The second kappa shape index (κ2) is 7.06. The fourth-order valence-electron chi connectivity index (χ4n) is 3.15. The molecule has 2 rings (SSSR count). The predicted molar refractivity (Wildman–Crippen MR) is 90.0 cm³/mol. The molecule has 1 aromatic rings. The van der Waals surface area contributed by atoms with Gasteiger partial charge in [0, 0.05) is 35.7 Å². The molecule has 20 heavy (non-hydrogen) atoms. The van der Waals surface area contributed by atoms with E-state index in [4.69, 9.17) is 0 Å². The zero-order valence-corrected chi connectivity index (χ0v) is 14.7. The largest absolute Gasteiger partial charge is 0.311 e. The van der Waals surface area contributed by atoms with Crippen molar-refractivity contribution >= 4 is 15.9 Å². The van der Waals surface area contributed by atoms with Crippen LogP contribution in [0.1, 0.15) is 45.7 Å². The number of halogens is 1. The van der Waals surface area contributed by atoms with Gasteiger partial charge in [-0.05, 0) is 37.0 Å². The van der Waals surface area contributed by atoms with Gasteiger partial charge in [-0.15, -0.1) is 0 Å². The maximum Gasteiger partial charge on any atom is 0.0324 e. The van der Waals surface area contributed by atoms with Gasteiger partial charge < -0.3 is 5.32 Å². The third-order valence-corrected chi connectivity index (χ3v) is 5.06. The van der Waals surface area contributed by atoms with Crippen molar-refractivity contribution < 1.29 is 0 Å². The molecule has 3 atom stereocenters. The lowest BCUT2D eigenvalue weighted by Gasteiger charge is -2.45. The van der Waals surface area contributed by atoms with E-state index < -0.39 is 0 Å². The van der Waals surface area contributed by atoms with E-state index in [0.29, 0.717) is 24.0 Å². The zero-order valence-electron chi connectivity index (χ0n) is 13.1. The van der Waals surface area contributed by atoms with E-state index in [1.807, 2.05) is 0 Å². The lowest BCUT2D eigenvalue weighted by atomic mass is 9.94. The van der Waals surface area contributed by atoms with Gasteiger partial charge in [0.15, 0.2) is 0 Å². The quantitative estimate of drug-likeness (QED) is 0.884. The minimum absolute atomic E-state index is 0.469. The van der Waals surface area contributed by atoms with Crippen molar-refractivity contribution in [3.63, 3.8) is 0 Å². The molecule has 1 aromatic carbocycles. The first-order valence-electron chi connectivity index (χ1n) is 7.77. The van der Waals surface area contributed by atoms with Crippen LogP contribution in [0.3, 0.4) is 0 Å². The molecule has 0 radical (unpaired) electrons. The SMILES string of the molecule is CCC1CN(C(C)c2cccc(Br)c2)C(C(C)C)CN1.